The van der Waals surface area contributed by atoms with Crippen LogP contribution in [0.25, 0.3) is 0 Å². The van der Waals surface area contributed by atoms with E-state index in [9.17, 15) is 4.79 Å². The molecule has 0 saturated carbocycles. The third-order valence-corrected chi connectivity index (χ3v) is 5.03. The van der Waals surface area contributed by atoms with Gasteiger partial charge < -0.3 is 14.2 Å². The lowest BCUT2D eigenvalue weighted by atomic mass is 10.1. The van der Waals surface area contributed by atoms with Gasteiger partial charge in [-0.25, -0.2) is 0 Å². The fraction of sp³-hybridized carbons (Fsp3) is 0.444. The average Bonchev–Trinajstić information content (AvgIpc) is 3.35. The van der Waals surface area contributed by atoms with Crippen LogP contribution in [0, 0.1) is 11.3 Å². The molecule has 1 aromatic carbocycles. The molecule has 0 bridgehead atoms. The molecule has 7 nitrogen and oxygen atoms in total. The molecule has 0 unspecified atom stereocenters. The minimum atomic E-state index is -0.150. The number of likely N-dealkylation sites (tertiary alicyclic amines) is 1. The molecule has 0 N–H and O–H groups in total. The average molecular weight is 337 g/mol. The molecule has 0 aliphatic carbocycles. The number of aryl methyl sites for hydroxylation is 1. The van der Waals surface area contributed by atoms with Crippen LogP contribution in [-0.4, -0.2) is 45.3 Å². The van der Waals surface area contributed by atoms with Crippen LogP contribution in [0.3, 0.4) is 0 Å². The van der Waals surface area contributed by atoms with E-state index in [0.29, 0.717) is 24.1 Å². The van der Waals surface area contributed by atoms with E-state index in [4.69, 9.17) is 10.00 Å². The first kappa shape index (κ1) is 15.8. The number of carbonyl (C=O) groups is 1. The maximum Gasteiger partial charge on any atom is 0.254 e. The largest absolute Gasteiger partial charge is 0.380 e. The number of ether oxygens (including phenoxy) is 1. The highest BCUT2D eigenvalue weighted by molar-refractivity contribution is 5.95. The van der Waals surface area contributed by atoms with Crippen LogP contribution in [0.1, 0.15) is 46.5 Å². The maximum atomic E-state index is 13.1. The second kappa shape index (κ2) is 6.30. The summed E-state index contributed by atoms with van der Waals surface area (Å²) in [5.41, 5.74) is 0.996. The van der Waals surface area contributed by atoms with Gasteiger partial charge in [-0.05, 0) is 24.6 Å². The number of nitriles is 1. The Morgan fingerprint density at radius 3 is 3.08 bits per heavy atom. The normalized spacial score (nSPS) is 22.0. The molecule has 2 aromatic rings. The van der Waals surface area contributed by atoms with Gasteiger partial charge in [0.25, 0.3) is 5.91 Å². The SMILES string of the molecule is CO[C@@H]1C[C@@H](c2nnc3n2CCC3)N(C(=O)c2cccc(C#N)c2)C1. The molecule has 4 rings (SSSR count). The summed E-state index contributed by atoms with van der Waals surface area (Å²) in [6.45, 7) is 1.41. The van der Waals surface area contributed by atoms with E-state index in [1.807, 2.05) is 0 Å². The Morgan fingerprint density at radius 2 is 2.28 bits per heavy atom. The molecule has 2 aliphatic heterocycles. The van der Waals surface area contributed by atoms with E-state index in [0.717, 1.165) is 31.0 Å². The molecule has 1 fully saturated rings. The maximum absolute atomic E-state index is 13.1. The van der Waals surface area contributed by atoms with Crippen LogP contribution >= 0.6 is 0 Å². The molecule has 0 radical (unpaired) electrons. The lowest BCUT2D eigenvalue weighted by molar-refractivity contribution is 0.0682. The second-order valence-electron chi connectivity index (χ2n) is 6.49. The smallest absolute Gasteiger partial charge is 0.254 e. The number of rotatable bonds is 3. The molecular weight excluding hydrogens is 318 g/mol. The van der Waals surface area contributed by atoms with Crippen molar-refractivity contribution in [3.63, 3.8) is 0 Å². The van der Waals surface area contributed by atoms with Gasteiger partial charge in [0.1, 0.15) is 5.82 Å². The number of carbonyl (C=O) groups excluding carboxylic acids is 1. The molecule has 128 valence electrons. The number of hydrogen-bond acceptors (Lipinski definition) is 5. The van der Waals surface area contributed by atoms with Gasteiger partial charge in [-0.2, -0.15) is 5.26 Å². The highest BCUT2D eigenvalue weighted by Gasteiger charge is 2.40. The fourth-order valence-corrected chi connectivity index (χ4v) is 3.74. The van der Waals surface area contributed by atoms with Crippen LogP contribution in [-0.2, 0) is 17.7 Å². The van der Waals surface area contributed by atoms with Gasteiger partial charge in [0.2, 0.25) is 0 Å². The number of methoxy groups -OCH3 is 1. The van der Waals surface area contributed by atoms with E-state index < -0.39 is 0 Å². The summed E-state index contributed by atoms with van der Waals surface area (Å²) in [4.78, 5) is 14.9. The Kier molecular flexibility index (Phi) is 3.98. The predicted octanol–water partition coefficient (Wildman–Crippen LogP) is 1.70. The summed E-state index contributed by atoms with van der Waals surface area (Å²) in [6.07, 6.45) is 2.68. The van der Waals surface area contributed by atoms with Crippen molar-refractivity contribution < 1.29 is 9.53 Å². The van der Waals surface area contributed by atoms with Crippen molar-refractivity contribution in [1.29, 1.82) is 5.26 Å². The molecule has 0 spiro atoms. The van der Waals surface area contributed by atoms with Crippen LogP contribution in [0.2, 0.25) is 0 Å². The van der Waals surface area contributed by atoms with E-state index in [2.05, 4.69) is 20.8 Å². The van der Waals surface area contributed by atoms with Gasteiger partial charge in [-0.15, -0.1) is 10.2 Å². The standard InChI is InChI=1S/C18H19N5O2/c1-25-14-9-15(17-21-20-16-6-3-7-22(16)17)23(11-14)18(24)13-5-2-4-12(8-13)10-19/h2,4-5,8,14-15H,3,6-7,9,11H2,1H3/t14-,15+/m1/s1. The van der Waals surface area contributed by atoms with Crippen LogP contribution in [0.5, 0.6) is 0 Å². The summed E-state index contributed by atoms with van der Waals surface area (Å²) in [6, 6.07) is 8.74. The summed E-state index contributed by atoms with van der Waals surface area (Å²) >= 11 is 0. The van der Waals surface area contributed by atoms with Gasteiger partial charge in [0.05, 0.1) is 23.8 Å². The van der Waals surface area contributed by atoms with Gasteiger partial charge in [-0.3, -0.25) is 4.79 Å². The quantitative estimate of drug-likeness (QED) is 0.851. The zero-order valence-corrected chi connectivity index (χ0v) is 14.1. The van der Waals surface area contributed by atoms with Crippen molar-refractivity contribution in [2.75, 3.05) is 13.7 Å². The van der Waals surface area contributed by atoms with E-state index in [1.54, 1.807) is 36.3 Å². The number of nitrogens with zero attached hydrogens (tertiary/aromatic N) is 5. The summed E-state index contributed by atoms with van der Waals surface area (Å²) in [7, 11) is 1.67. The molecule has 7 heteroatoms. The van der Waals surface area contributed by atoms with Crippen molar-refractivity contribution in [1.82, 2.24) is 19.7 Å². The zero-order chi connectivity index (χ0) is 17.4. The van der Waals surface area contributed by atoms with E-state index in [-0.39, 0.29) is 18.1 Å². The van der Waals surface area contributed by atoms with E-state index in [1.165, 1.54) is 0 Å². The zero-order valence-electron chi connectivity index (χ0n) is 14.1. The Labute approximate surface area is 145 Å². The number of amides is 1. The highest BCUT2D eigenvalue weighted by Crippen LogP contribution is 2.35. The van der Waals surface area contributed by atoms with Crippen LogP contribution in [0.15, 0.2) is 24.3 Å². The first-order chi connectivity index (χ1) is 12.2. The fourth-order valence-electron chi connectivity index (χ4n) is 3.74. The van der Waals surface area contributed by atoms with Crippen molar-refractivity contribution >= 4 is 5.91 Å². The molecular formula is C18H19N5O2. The molecule has 25 heavy (non-hydrogen) atoms. The van der Waals surface area contributed by atoms with Crippen LogP contribution < -0.4 is 0 Å². The predicted molar refractivity (Wildman–Crippen MR) is 88.7 cm³/mol. The molecule has 2 atom stereocenters. The third-order valence-electron chi connectivity index (χ3n) is 5.03. The Bertz CT molecular complexity index is 853. The summed E-state index contributed by atoms with van der Waals surface area (Å²) in [5, 5.41) is 17.7. The monoisotopic (exact) mass is 337 g/mol. The van der Waals surface area contributed by atoms with Crippen LogP contribution in [0.4, 0.5) is 0 Å². The molecule has 2 aliphatic rings. The molecule has 3 heterocycles. The summed E-state index contributed by atoms with van der Waals surface area (Å²) in [5.74, 6) is 1.74. The lowest BCUT2D eigenvalue weighted by Crippen LogP contribution is -2.33. The van der Waals surface area contributed by atoms with Gasteiger partial charge in [-0.1, -0.05) is 6.07 Å². The minimum Gasteiger partial charge on any atom is -0.380 e. The highest BCUT2D eigenvalue weighted by atomic mass is 16.5. The number of hydrogen-bond donors (Lipinski definition) is 0. The van der Waals surface area contributed by atoms with Crippen molar-refractivity contribution in [2.45, 2.75) is 38.0 Å². The molecule has 1 amide bonds. The first-order valence-electron chi connectivity index (χ1n) is 8.47. The van der Waals surface area contributed by atoms with Crippen molar-refractivity contribution in [3.8, 4) is 6.07 Å². The molecule has 1 aromatic heterocycles. The minimum absolute atomic E-state index is 0.0255. The van der Waals surface area contributed by atoms with E-state index >= 15 is 0 Å². The second-order valence-corrected chi connectivity index (χ2v) is 6.49. The van der Waals surface area contributed by atoms with Crippen molar-refractivity contribution in [3.05, 3.63) is 47.0 Å². The van der Waals surface area contributed by atoms with Crippen molar-refractivity contribution in [2.24, 2.45) is 0 Å². The Hall–Kier alpha value is -2.72. The van der Waals surface area contributed by atoms with Gasteiger partial charge >= 0.3 is 0 Å². The number of aromatic nitrogens is 3. The topological polar surface area (TPSA) is 84.0 Å². The Morgan fingerprint density at radius 1 is 1.40 bits per heavy atom. The third kappa shape index (κ3) is 2.68. The lowest BCUT2D eigenvalue weighted by Gasteiger charge is -2.24. The molecule has 1 saturated heterocycles. The Balaban J connectivity index is 1.68. The first-order valence-corrected chi connectivity index (χ1v) is 8.47. The summed E-state index contributed by atoms with van der Waals surface area (Å²) < 4.78 is 7.65. The van der Waals surface area contributed by atoms with Gasteiger partial charge in [0.15, 0.2) is 5.82 Å². The van der Waals surface area contributed by atoms with Gasteiger partial charge in [0, 0.05) is 38.6 Å². The number of fused-ring (bicyclic) bond motifs is 1. The number of benzene rings is 1.